The Morgan fingerprint density at radius 3 is 2.31 bits per heavy atom. The smallest absolute Gasteiger partial charge is 0.268 e. The van der Waals surface area contributed by atoms with Gasteiger partial charge in [0.25, 0.3) is 10.0 Å². The number of aryl methyl sites for hydroxylation is 1. The number of carbonyl (C=O) groups excluding carboxylic acids is 1. The molecule has 0 radical (unpaired) electrons. The first-order valence-corrected chi connectivity index (χ1v) is 12.5. The minimum absolute atomic E-state index is 0.0362. The van der Waals surface area contributed by atoms with Crippen LogP contribution in [0.5, 0.6) is 5.75 Å². The van der Waals surface area contributed by atoms with Crippen LogP contribution in [0, 0.1) is 12.7 Å². The summed E-state index contributed by atoms with van der Waals surface area (Å²) in [5.41, 5.74) is 0.949. The number of methoxy groups -OCH3 is 1. The SMILES string of the molecule is COc1ccc(C)cc1S(=O)(=O)N(CC(=O)NC1CCCCCCC1)c1ccc(F)cc1. The Bertz CT molecular complexity index is 1020. The quantitative estimate of drug-likeness (QED) is 0.654. The molecule has 2 aromatic rings. The lowest BCUT2D eigenvalue weighted by molar-refractivity contribution is -0.120. The van der Waals surface area contributed by atoms with Crippen molar-refractivity contribution in [1.82, 2.24) is 5.32 Å². The fourth-order valence-corrected chi connectivity index (χ4v) is 5.70. The van der Waals surface area contributed by atoms with E-state index in [-0.39, 0.29) is 28.3 Å². The largest absolute Gasteiger partial charge is 0.495 e. The van der Waals surface area contributed by atoms with Crippen molar-refractivity contribution in [3.63, 3.8) is 0 Å². The van der Waals surface area contributed by atoms with Crippen molar-refractivity contribution in [1.29, 1.82) is 0 Å². The highest BCUT2D eigenvalue weighted by atomic mass is 32.2. The number of hydrogen-bond donors (Lipinski definition) is 1. The van der Waals surface area contributed by atoms with Crippen molar-refractivity contribution in [3.8, 4) is 5.75 Å². The lowest BCUT2D eigenvalue weighted by Crippen LogP contribution is -2.44. The number of nitrogens with one attached hydrogen (secondary N) is 1. The van der Waals surface area contributed by atoms with Gasteiger partial charge in [-0.2, -0.15) is 0 Å². The van der Waals surface area contributed by atoms with Crippen molar-refractivity contribution in [2.75, 3.05) is 18.0 Å². The molecule has 1 saturated carbocycles. The second-order valence-corrected chi connectivity index (χ2v) is 10.1. The van der Waals surface area contributed by atoms with Crippen LogP contribution in [0.25, 0.3) is 0 Å². The number of amides is 1. The number of rotatable bonds is 7. The number of benzene rings is 2. The molecule has 0 bridgehead atoms. The number of nitrogens with zero attached hydrogens (tertiary/aromatic N) is 1. The molecule has 2 aromatic carbocycles. The molecule has 0 spiro atoms. The molecule has 6 nitrogen and oxygen atoms in total. The zero-order valence-electron chi connectivity index (χ0n) is 18.6. The molecule has 0 unspecified atom stereocenters. The van der Waals surface area contributed by atoms with Crippen LogP contribution in [0.1, 0.15) is 50.5 Å². The van der Waals surface area contributed by atoms with Gasteiger partial charge in [0.15, 0.2) is 0 Å². The Hall–Kier alpha value is -2.61. The van der Waals surface area contributed by atoms with Crippen LogP contribution in [0.2, 0.25) is 0 Å². The fourth-order valence-electron chi connectivity index (χ4n) is 4.03. The normalized spacial score (nSPS) is 15.5. The van der Waals surface area contributed by atoms with Gasteiger partial charge in [-0.05, 0) is 61.7 Å². The molecule has 8 heteroatoms. The Morgan fingerprint density at radius 2 is 1.69 bits per heavy atom. The molecule has 3 rings (SSSR count). The van der Waals surface area contributed by atoms with E-state index in [2.05, 4.69) is 5.32 Å². The topological polar surface area (TPSA) is 75.7 Å². The van der Waals surface area contributed by atoms with Crippen LogP contribution >= 0.6 is 0 Å². The van der Waals surface area contributed by atoms with Crippen LogP contribution in [-0.4, -0.2) is 34.0 Å². The van der Waals surface area contributed by atoms with Gasteiger partial charge < -0.3 is 10.1 Å². The molecule has 0 atom stereocenters. The van der Waals surface area contributed by atoms with E-state index < -0.39 is 22.4 Å². The minimum atomic E-state index is -4.16. The highest BCUT2D eigenvalue weighted by Gasteiger charge is 2.30. The predicted octanol–water partition coefficient (Wildman–Crippen LogP) is 4.57. The first kappa shape index (κ1) is 24.0. The Morgan fingerprint density at radius 1 is 1.06 bits per heavy atom. The fraction of sp³-hybridized carbons (Fsp3) is 0.458. The van der Waals surface area contributed by atoms with E-state index in [4.69, 9.17) is 4.74 Å². The molecule has 0 aliphatic heterocycles. The minimum Gasteiger partial charge on any atom is -0.495 e. The molecule has 0 heterocycles. The van der Waals surface area contributed by atoms with Crippen LogP contribution < -0.4 is 14.4 Å². The number of anilines is 1. The number of hydrogen-bond acceptors (Lipinski definition) is 4. The lowest BCUT2D eigenvalue weighted by Gasteiger charge is -2.27. The van der Waals surface area contributed by atoms with Crippen LogP contribution in [0.4, 0.5) is 10.1 Å². The lowest BCUT2D eigenvalue weighted by atomic mass is 9.97. The molecule has 1 fully saturated rings. The molecule has 1 amide bonds. The highest BCUT2D eigenvalue weighted by Crippen LogP contribution is 2.31. The van der Waals surface area contributed by atoms with Crippen molar-refractivity contribution >= 4 is 21.6 Å². The van der Waals surface area contributed by atoms with Gasteiger partial charge in [0, 0.05) is 6.04 Å². The third kappa shape index (κ3) is 6.00. The van der Waals surface area contributed by atoms with E-state index in [9.17, 15) is 17.6 Å². The van der Waals surface area contributed by atoms with Crippen molar-refractivity contribution in [3.05, 3.63) is 53.8 Å². The van der Waals surface area contributed by atoms with Gasteiger partial charge in [-0.3, -0.25) is 9.10 Å². The van der Waals surface area contributed by atoms with E-state index in [0.717, 1.165) is 48.4 Å². The summed E-state index contributed by atoms with van der Waals surface area (Å²) in [6.07, 6.45) is 7.39. The molecule has 1 N–H and O–H groups in total. The Balaban J connectivity index is 1.91. The van der Waals surface area contributed by atoms with E-state index in [1.165, 1.54) is 43.9 Å². The molecule has 1 aliphatic rings. The maximum atomic E-state index is 13.7. The van der Waals surface area contributed by atoms with E-state index in [1.54, 1.807) is 19.1 Å². The third-order valence-electron chi connectivity index (χ3n) is 5.76. The second kappa shape index (κ2) is 10.8. The van der Waals surface area contributed by atoms with Crippen molar-refractivity contribution in [2.24, 2.45) is 0 Å². The van der Waals surface area contributed by atoms with Gasteiger partial charge in [0.05, 0.1) is 12.8 Å². The summed E-state index contributed by atoms with van der Waals surface area (Å²) in [5, 5.41) is 3.01. The standard InChI is InChI=1S/C24H31FN2O4S/c1-18-10-15-22(31-2)23(16-18)32(29,30)27(21-13-11-19(25)12-14-21)17-24(28)26-20-8-6-4-3-5-7-9-20/h10-16,20H,3-9,17H2,1-2H3,(H,26,28). The van der Waals surface area contributed by atoms with Crippen LogP contribution in [0.3, 0.4) is 0 Å². The number of halogens is 1. The summed E-state index contributed by atoms with van der Waals surface area (Å²) < 4.78 is 47.1. The van der Waals surface area contributed by atoms with E-state index in [0.29, 0.717) is 0 Å². The van der Waals surface area contributed by atoms with Crippen LogP contribution in [0.15, 0.2) is 47.4 Å². The first-order valence-electron chi connectivity index (χ1n) is 11.0. The van der Waals surface area contributed by atoms with Crippen molar-refractivity contribution < 1.29 is 22.3 Å². The van der Waals surface area contributed by atoms with Crippen molar-refractivity contribution in [2.45, 2.75) is 62.8 Å². The molecule has 1 aliphatic carbocycles. The third-order valence-corrected chi connectivity index (χ3v) is 7.55. The van der Waals surface area contributed by atoms with Crippen LogP contribution in [-0.2, 0) is 14.8 Å². The summed E-state index contributed by atoms with van der Waals surface area (Å²) in [6, 6.07) is 9.96. The highest BCUT2D eigenvalue weighted by molar-refractivity contribution is 7.93. The van der Waals surface area contributed by atoms with Gasteiger partial charge in [0.1, 0.15) is 23.0 Å². The zero-order chi connectivity index (χ0) is 23.1. The number of carbonyl (C=O) groups is 1. The monoisotopic (exact) mass is 462 g/mol. The van der Waals surface area contributed by atoms with Gasteiger partial charge >= 0.3 is 0 Å². The van der Waals surface area contributed by atoms with E-state index >= 15 is 0 Å². The molecule has 174 valence electrons. The maximum Gasteiger partial charge on any atom is 0.268 e. The maximum absolute atomic E-state index is 13.7. The van der Waals surface area contributed by atoms with Gasteiger partial charge in [-0.15, -0.1) is 0 Å². The summed E-state index contributed by atoms with van der Waals surface area (Å²) in [6.45, 7) is 1.38. The van der Waals surface area contributed by atoms with Gasteiger partial charge in [-0.25, -0.2) is 12.8 Å². The zero-order valence-corrected chi connectivity index (χ0v) is 19.5. The van der Waals surface area contributed by atoms with Gasteiger partial charge in [-0.1, -0.05) is 38.2 Å². The molecular weight excluding hydrogens is 431 g/mol. The number of sulfonamides is 1. The molecule has 32 heavy (non-hydrogen) atoms. The van der Waals surface area contributed by atoms with E-state index in [1.807, 2.05) is 0 Å². The number of ether oxygens (including phenoxy) is 1. The summed E-state index contributed by atoms with van der Waals surface area (Å²) >= 11 is 0. The first-order chi connectivity index (χ1) is 15.3. The van der Waals surface area contributed by atoms with Gasteiger partial charge in [0.2, 0.25) is 5.91 Å². The summed E-state index contributed by atoms with van der Waals surface area (Å²) in [4.78, 5) is 12.9. The molecule has 0 saturated heterocycles. The predicted molar refractivity (Wildman–Crippen MR) is 123 cm³/mol. The average Bonchev–Trinajstić information content (AvgIpc) is 2.74. The average molecular weight is 463 g/mol. The molecule has 0 aromatic heterocycles. The molecular formula is C24H31FN2O4S. The Kier molecular flexibility index (Phi) is 8.12. The summed E-state index contributed by atoms with van der Waals surface area (Å²) in [5.74, 6) is -0.684. The Labute approximate surface area is 189 Å². The second-order valence-electron chi connectivity index (χ2n) is 8.25. The summed E-state index contributed by atoms with van der Waals surface area (Å²) in [7, 11) is -2.76.